The molecule has 0 saturated carbocycles. The van der Waals surface area contributed by atoms with Crippen LogP contribution in [0.4, 0.5) is 0 Å². The zero-order valence-corrected chi connectivity index (χ0v) is 16.8. The van der Waals surface area contributed by atoms with Crippen molar-refractivity contribution >= 4 is 30.7 Å². The Kier molecular flexibility index (Phi) is 5.62. The summed E-state index contributed by atoms with van der Waals surface area (Å²) in [6.45, 7) is 8.27. The zero-order chi connectivity index (χ0) is 18.0. The van der Waals surface area contributed by atoms with E-state index in [1.165, 1.54) is 10.8 Å². The lowest BCUT2D eigenvalue weighted by atomic mass is 10.2. The number of ether oxygens (including phenoxy) is 2. The van der Waals surface area contributed by atoms with Gasteiger partial charge in [-0.25, -0.2) is 4.68 Å². The summed E-state index contributed by atoms with van der Waals surface area (Å²) in [4.78, 5) is 17.1. The van der Waals surface area contributed by atoms with Crippen LogP contribution in [0.15, 0.2) is 11.0 Å². The van der Waals surface area contributed by atoms with Gasteiger partial charge in [0.05, 0.1) is 6.20 Å². The first-order valence-electron chi connectivity index (χ1n) is 8.70. The lowest BCUT2D eigenvalue weighted by molar-refractivity contribution is -0.0370. The van der Waals surface area contributed by atoms with Crippen molar-refractivity contribution in [2.45, 2.75) is 57.9 Å². The van der Waals surface area contributed by atoms with Gasteiger partial charge in [-0.1, -0.05) is 19.6 Å². The first-order valence-corrected chi connectivity index (χ1v) is 12.8. The molecule has 0 bridgehead atoms. The summed E-state index contributed by atoms with van der Waals surface area (Å²) in [5.74, 6) is 0. The molecule has 1 fully saturated rings. The van der Waals surface area contributed by atoms with Gasteiger partial charge in [-0.2, -0.15) is 10.1 Å². The maximum absolute atomic E-state index is 12.7. The van der Waals surface area contributed by atoms with Gasteiger partial charge < -0.3 is 9.47 Å². The third-order valence-corrected chi connectivity index (χ3v) is 6.30. The van der Waals surface area contributed by atoms with Crippen LogP contribution in [0.5, 0.6) is 0 Å². The third-order valence-electron chi connectivity index (χ3n) is 4.31. The molecular weight excluding hydrogens is 360 g/mol. The van der Waals surface area contributed by atoms with Crippen LogP contribution in [0.3, 0.4) is 0 Å². The Bertz CT molecular complexity index is 793. The van der Waals surface area contributed by atoms with Crippen LogP contribution < -0.4 is 5.56 Å². The molecule has 0 spiro atoms. The van der Waals surface area contributed by atoms with Gasteiger partial charge in [-0.15, -0.1) is 0 Å². The monoisotopic (exact) mass is 384 g/mol. The summed E-state index contributed by atoms with van der Waals surface area (Å²) in [6, 6.07) is 1.03. The molecule has 0 amide bonds. The van der Waals surface area contributed by atoms with Gasteiger partial charge in [0, 0.05) is 21.3 Å². The van der Waals surface area contributed by atoms with Gasteiger partial charge in [0.15, 0.2) is 11.9 Å². The molecule has 3 rings (SSSR count). The van der Waals surface area contributed by atoms with E-state index in [1.807, 2.05) is 0 Å². The van der Waals surface area contributed by atoms with Gasteiger partial charge in [-0.3, -0.25) is 9.36 Å². The molecule has 9 heteroatoms. The van der Waals surface area contributed by atoms with Crippen LogP contribution in [0.1, 0.15) is 25.5 Å². The second kappa shape index (κ2) is 7.57. The minimum atomic E-state index is -1.17. The summed E-state index contributed by atoms with van der Waals surface area (Å²) in [7, 11) is -1.17. The van der Waals surface area contributed by atoms with E-state index in [-0.39, 0.29) is 23.8 Å². The van der Waals surface area contributed by atoms with Crippen molar-refractivity contribution in [1.29, 1.82) is 0 Å². The molecule has 0 aromatic carbocycles. The standard InChI is InChI=1S/C16H25ClN4O3Si/c1-25(2,3)9-8-23-11-20-15(22)12-10-18-21(14(12)19-16(20)17)13-6-4-5-7-24-13/h10,13H,4-9,11H2,1-3H3. The van der Waals surface area contributed by atoms with E-state index in [1.54, 1.807) is 4.68 Å². The normalized spacial score (nSPS) is 18.8. The molecule has 1 aliphatic rings. The van der Waals surface area contributed by atoms with Crippen molar-refractivity contribution in [1.82, 2.24) is 19.3 Å². The Morgan fingerprint density at radius 3 is 2.88 bits per heavy atom. The van der Waals surface area contributed by atoms with E-state index in [4.69, 9.17) is 21.1 Å². The highest BCUT2D eigenvalue weighted by Gasteiger charge is 2.22. The first-order chi connectivity index (χ1) is 11.9. The molecule has 1 unspecified atom stereocenters. The second-order valence-electron chi connectivity index (χ2n) is 7.61. The molecule has 0 N–H and O–H groups in total. The lowest BCUT2D eigenvalue weighted by Crippen LogP contribution is -2.26. The number of hydrogen-bond donors (Lipinski definition) is 0. The topological polar surface area (TPSA) is 71.2 Å². The lowest BCUT2D eigenvalue weighted by Gasteiger charge is -2.23. The summed E-state index contributed by atoms with van der Waals surface area (Å²) in [5, 5.41) is 4.86. The maximum Gasteiger partial charge on any atom is 0.267 e. The van der Waals surface area contributed by atoms with Crippen LogP contribution in [-0.4, -0.2) is 40.6 Å². The van der Waals surface area contributed by atoms with Crippen LogP contribution in [0, 0.1) is 0 Å². The molecule has 7 nitrogen and oxygen atoms in total. The zero-order valence-electron chi connectivity index (χ0n) is 15.0. The number of fused-ring (bicyclic) bond motifs is 1. The average Bonchev–Trinajstić information content (AvgIpc) is 2.97. The van der Waals surface area contributed by atoms with Crippen molar-refractivity contribution < 1.29 is 9.47 Å². The smallest absolute Gasteiger partial charge is 0.267 e. The molecule has 0 radical (unpaired) electrons. The number of aromatic nitrogens is 4. The molecule has 2 aromatic rings. The van der Waals surface area contributed by atoms with E-state index < -0.39 is 8.07 Å². The van der Waals surface area contributed by atoms with Gasteiger partial charge >= 0.3 is 0 Å². The van der Waals surface area contributed by atoms with E-state index in [0.717, 1.165) is 25.3 Å². The van der Waals surface area contributed by atoms with Crippen LogP contribution in [0.2, 0.25) is 31.0 Å². The largest absolute Gasteiger partial charge is 0.361 e. The Labute approximate surface area is 152 Å². The predicted molar refractivity (Wildman–Crippen MR) is 99.7 cm³/mol. The number of rotatable bonds is 6. The summed E-state index contributed by atoms with van der Waals surface area (Å²) in [6.07, 6.45) is 4.34. The molecule has 0 aliphatic carbocycles. The highest BCUT2D eigenvalue weighted by molar-refractivity contribution is 6.76. The van der Waals surface area contributed by atoms with E-state index in [0.29, 0.717) is 24.2 Å². The van der Waals surface area contributed by atoms with Gasteiger partial charge in [0.2, 0.25) is 5.28 Å². The minimum Gasteiger partial charge on any atom is -0.361 e. The third kappa shape index (κ3) is 4.31. The van der Waals surface area contributed by atoms with E-state index in [2.05, 4.69) is 29.7 Å². The summed E-state index contributed by atoms with van der Waals surface area (Å²) in [5.41, 5.74) is 0.241. The molecule has 3 heterocycles. The fraction of sp³-hybridized carbons (Fsp3) is 0.688. The molecule has 1 aliphatic heterocycles. The van der Waals surface area contributed by atoms with Gasteiger partial charge in [0.25, 0.3) is 5.56 Å². The van der Waals surface area contributed by atoms with Crippen molar-refractivity contribution in [2.75, 3.05) is 13.2 Å². The molecule has 2 aromatic heterocycles. The summed E-state index contributed by atoms with van der Waals surface area (Å²) < 4.78 is 14.4. The van der Waals surface area contributed by atoms with Crippen LogP contribution in [-0.2, 0) is 16.2 Å². The van der Waals surface area contributed by atoms with Crippen molar-refractivity contribution in [3.8, 4) is 0 Å². The first kappa shape index (κ1) is 18.6. The van der Waals surface area contributed by atoms with Gasteiger partial charge in [-0.05, 0) is 36.9 Å². The molecular formula is C16H25ClN4O3Si. The molecule has 25 heavy (non-hydrogen) atoms. The molecule has 1 saturated heterocycles. The SMILES string of the molecule is C[Si](C)(C)CCOCn1c(Cl)nc2c(cnn2C2CCCCO2)c1=O. The predicted octanol–water partition coefficient (Wildman–Crippen LogP) is 3.26. The average molecular weight is 385 g/mol. The minimum absolute atomic E-state index is 0.107. The van der Waals surface area contributed by atoms with Gasteiger partial charge in [0.1, 0.15) is 12.1 Å². The number of hydrogen-bond acceptors (Lipinski definition) is 5. The Morgan fingerprint density at radius 2 is 2.20 bits per heavy atom. The van der Waals surface area contributed by atoms with Crippen molar-refractivity contribution in [3.63, 3.8) is 0 Å². The second-order valence-corrected chi connectivity index (χ2v) is 13.6. The number of nitrogens with zero attached hydrogens (tertiary/aromatic N) is 4. The fourth-order valence-electron chi connectivity index (χ4n) is 2.77. The van der Waals surface area contributed by atoms with E-state index >= 15 is 0 Å². The molecule has 138 valence electrons. The quantitative estimate of drug-likeness (QED) is 0.434. The highest BCUT2D eigenvalue weighted by Crippen LogP contribution is 2.24. The van der Waals surface area contributed by atoms with Crippen LogP contribution >= 0.6 is 11.6 Å². The Morgan fingerprint density at radius 1 is 1.40 bits per heavy atom. The Balaban J connectivity index is 1.81. The summed E-state index contributed by atoms with van der Waals surface area (Å²) >= 11 is 6.24. The maximum atomic E-state index is 12.7. The highest BCUT2D eigenvalue weighted by atomic mass is 35.5. The molecule has 1 atom stereocenters. The van der Waals surface area contributed by atoms with E-state index in [9.17, 15) is 4.79 Å². The van der Waals surface area contributed by atoms with Crippen molar-refractivity contribution in [3.05, 3.63) is 21.8 Å². The van der Waals surface area contributed by atoms with Crippen molar-refractivity contribution in [2.24, 2.45) is 0 Å². The number of halogens is 1. The van der Waals surface area contributed by atoms with Crippen LogP contribution in [0.25, 0.3) is 11.0 Å². The Hall–Kier alpha value is -1.22. The fourth-order valence-corrected chi connectivity index (χ4v) is 3.73.